The normalized spacial score (nSPS) is 10.5. The topological polar surface area (TPSA) is 30.7 Å². The first-order chi connectivity index (χ1) is 5.25. The molecule has 0 aliphatic carbocycles. The van der Waals surface area contributed by atoms with Crippen LogP contribution in [-0.2, 0) is 6.54 Å². The molecule has 1 heterocycles. The molecule has 1 aromatic heterocycles. The average molecular weight is 286 g/mol. The summed E-state index contributed by atoms with van der Waals surface area (Å²) in [7, 11) is 0. The van der Waals surface area contributed by atoms with Crippen LogP contribution in [0, 0.1) is 3.70 Å². The van der Waals surface area contributed by atoms with E-state index < -0.39 is 0 Å². The molecular weight excluding hydrogens is 276 g/mol. The van der Waals surface area contributed by atoms with Gasteiger partial charge in [0.25, 0.3) is 0 Å². The summed E-state index contributed by atoms with van der Waals surface area (Å²) < 4.78 is 2.51. The minimum atomic E-state index is 0.652. The molecular formula is C6H9ClIN3. The lowest BCUT2D eigenvalue weighted by Gasteiger charge is -1.97. The number of rotatable bonds is 3. The Morgan fingerprint density at radius 1 is 1.64 bits per heavy atom. The molecule has 0 atom stereocenters. The number of unbranched alkanes of at least 4 members (excludes halogenated alkanes) is 1. The lowest BCUT2D eigenvalue weighted by atomic mass is 10.3. The van der Waals surface area contributed by atoms with Crippen molar-refractivity contribution in [3.05, 3.63) is 8.85 Å². The summed E-state index contributed by atoms with van der Waals surface area (Å²) in [6.45, 7) is 3.00. The Labute approximate surface area is 84.3 Å². The molecule has 0 aromatic carbocycles. The van der Waals surface area contributed by atoms with Gasteiger partial charge in [0.1, 0.15) is 0 Å². The van der Waals surface area contributed by atoms with Crippen molar-refractivity contribution in [1.82, 2.24) is 15.0 Å². The zero-order valence-corrected chi connectivity index (χ0v) is 9.13. The molecule has 0 saturated carbocycles. The molecule has 0 radical (unpaired) electrons. The van der Waals surface area contributed by atoms with Crippen LogP contribution in [0.4, 0.5) is 0 Å². The van der Waals surface area contributed by atoms with Gasteiger partial charge in [0.2, 0.25) is 0 Å². The third-order valence-electron chi connectivity index (χ3n) is 1.36. The molecule has 11 heavy (non-hydrogen) atoms. The van der Waals surface area contributed by atoms with Gasteiger partial charge in [-0.05, 0) is 29.0 Å². The summed E-state index contributed by atoms with van der Waals surface area (Å²) in [4.78, 5) is 0. The van der Waals surface area contributed by atoms with E-state index in [1.807, 2.05) is 0 Å². The summed E-state index contributed by atoms with van der Waals surface area (Å²) >= 11 is 7.95. The fourth-order valence-electron chi connectivity index (χ4n) is 0.731. The van der Waals surface area contributed by atoms with Crippen LogP contribution in [-0.4, -0.2) is 15.0 Å². The van der Waals surface area contributed by atoms with E-state index in [9.17, 15) is 0 Å². The van der Waals surface area contributed by atoms with E-state index in [2.05, 4.69) is 39.8 Å². The van der Waals surface area contributed by atoms with Crippen molar-refractivity contribution in [3.8, 4) is 0 Å². The molecule has 1 rings (SSSR count). The van der Waals surface area contributed by atoms with Crippen molar-refractivity contribution >= 4 is 34.2 Å². The number of hydrogen-bond acceptors (Lipinski definition) is 2. The van der Waals surface area contributed by atoms with Crippen LogP contribution in [0.25, 0.3) is 0 Å². The molecule has 0 spiro atoms. The Morgan fingerprint density at radius 3 is 2.82 bits per heavy atom. The van der Waals surface area contributed by atoms with Crippen molar-refractivity contribution in [2.75, 3.05) is 0 Å². The van der Waals surface area contributed by atoms with Crippen LogP contribution in [0.2, 0.25) is 5.15 Å². The fourth-order valence-corrected chi connectivity index (χ4v) is 1.26. The van der Waals surface area contributed by atoms with Crippen LogP contribution in [0.1, 0.15) is 19.8 Å². The lowest BCUT2D eigenvalue weighted by molar-refractivity contribution is 0.553. The first-order valence-electron chi connectivity index (χ1n) is 3.50. The molecule has 0 aliphatic rings. The van der Waals surface area contributed by atoms with Crippen molar-refractivity contribution in [1.29, 1.82) is 0 Å². The Hall–Kier alpha value is 0.160. The summed E-state index contributed by atoms with van der Waals surface area (Å²) in [5.74, 6) is 0. The van der Waals surface area contributed by atoms with Gasteiger partial charge in [-0.3, -0.25) is 0 Å². The largest absolute Gasteiger partial charge is 0.233 e. The molecule has 0 amide bonds. The van der Waals surface area contributed by atoms with E-state index in [1.54, 1.807) is 4.68 Å². The highest BCUT2D eigenvalue weighted by atomic mass is 127. The van der Waals surface area contributed by atoms with Crippen LogP contribution in [0.15, 0.2) is 0 Å². The van der Waals surface area contributed by atoms with Crippen molar-refractivity contribution < 1.29 is 0 Å². The highest BCUT2D eigenvalue weighted by Crippen LogP contribution is 2.14. The highest BCUT2D eigenvalue weighted by Gasteiger charge is 2.05. The van der Waals surface area contributed by atoms with Gasteiger partial charge in [-0.1, -0.05) is 30.2 Å². The molecule has 0 bridgehead atoms. The van der Waals surface area contributed by atoms with Crippen LogP contribution >= 0.6 is 34.2 Å². The SMILES string of the molecule is CCCCn1nnc(I)c1Cl. The Bertz CT molecular complexity index is 236. The van der Waals surface area contributed by atoms with Crippen molar-refractivity contribution in [2.24, 2.45) is 0 Å². The van der Waals surface area contributed by atoms with Gasteiger partial charge >= 0.3 is 0 Å². The molecule has 5 heteroatoms. The standard InChI is InChI=1S/C6H9ClIN3/c1-2-3-4-11-5(7)6(8)9-10-11/h2-4H2,1H3. The minimum absolute atomic E-state index is 0.652. The van der Waals surface area contributed by atoms with E-state index in [0.29, 0.717) is 5.15 Å². The first-order valence-corrected chi connectivity index (χ1v) is 4.96. The van der Waals surface area contributed by atoms with E-state index >= 15 is 0 Å². The van der Waals surface area contributed by atoms with Gasteiger partial charge in [0.15, 0.2) is 8.85 Å². The molecule has 0 aliphatic heterocycles. The van der Waals surface area contributed by atoms with Crippen LogP contribution in [0.3, 0.4) is 0 Å². The maximum atomic E-state index is 5.87. The first kappa shape index (κ1) is 9.25. The average Bonchev–Trinajstić information content (AvgIpc) is 2.31. The maximum Gasteiger partial charge on any atom is 0.162 e. The lowest BCUT2D eigenvalue weighted by Crippen LogP contribution is -1.99. The van der Waals surface area contributed by atoms with Gasteiger partial charge < -0.3 is 0 Å². The van der Waals surface area contributed by atoms with Crippen molar-refractivity contribution in [3.63, 3.8) is 0 Å². The zero-order valence-electron chi connectivity index (χ0n) is 6.22. The zero-order chi connectivity index (χ0) is 8.27. The Kier molecular flexibility index (Phi) is 3.58. The van der Waals surface area contributed by atoms with E-state index in [0.717, 1.165) is 23.1 Å². The molecule has 0 unspecified atom stereocenters. The smallest absolute Gasteiger partial charge is 0.162 e. The Balaban J connectivity index is 2.63. The Morgan fingerprint density at radius 2 is 2.36 bits per heavy atom. The number of hydrogen-bond donors (Lipinski definition) is 0. The second-order valence-electron chi connectivity index (χ2n) is 2.25. The predicted molar refractivity (Wildman–Crippen MR) is 52.7 cm³/mol. The molecule has 0 N–H and O–H groups in total. The molecule has 0 fully saturated rings. The van der Waals surface area contributed by atoms with E-state index in [1.165, 1.54) is 0 Å². The van der Waals surface area contributed by atoms with Gasteiger partial charge in [-0.15, -0.1) is 5.10 Å². The summed E-state index contributed by atoms with van der Waals surface area (Å²) in [5.41, 5.74) is 0. The van der Waals surface area contributed by atoms with Gasteiger partial charge in [-0.2, -0.15) is 0 Å². The van der Waals surface area contributed by atoms with Gasteiger partial charge in [0.05, 0.1) is 0 Å². The molecule has 1 aromatic rings. The molecule has 62 valence electrons. The fraction of sp³-hybridized carbons (Fsp3) is 0.667. The van der Waals surface area contributed by atoms with Gasteiger partial charge in [0, 0.05) is 6.54 Å². The second kappa shape index (κ2) is 4.25. The highest BCUT2D eigenvalue weighted by molar-refractivity contribution is 14.1. The minimum Gasteiger partial charge on any atom is -0.233 e. The monoisotopic (exact) mass is 285 g/mol. The summed E-state index contributed by atoms with van der Waals surface area (Å²) in [6, 6.07) is 0. The molecule has 3 nitrogen and oxygen atoms in total. The van der Waals surface area contributed by atoms with Crippen molar-refractivity contribution in [2.45, 2.75) is 26.3 Å². The number of halogens is 2. The third kappa shape index (κ3) is 2.30. The van der Waals surface area contributed by atoms with Crippen LogP contribution < -0.4 is 0 Å². The quantitative estimate of drug-likeness (QED) is 0.798. The van der Waals surface area contributed by atoms with Crippen LogP contribution in [0.5, 0.6) is 0 Å². The predicted octanol–water partition coefficient (Wildman–Crippen LogP) is 2.34. The summed E-state index contributed by atoms with van der Waals surface area (Å²) in [5, 5.41) is 8.37. The number of nitrogens with zero attached hydrogens (tertiary/aromatic N) is 3. The van der Waals surface area contributed by atoms with Gasteiger partial charge in [-0.25, -0.2) is 4.68 Å². The van der Waals surface area contributed by atoms with E-state index in [-0.39, 0.29) is 0 Å². The maximum absolute atomic E-state index is 5.87. The third-order valence-corrected chi connectivity index (χ3v) is 2.78. The summed E-state index contributed by atoms with van der Waals surface area (Å²) in [6.07, 6.45) is 2.24. The number of aryl methyl sites for hydroxylation is 1. The van der Waals surface area contributed by atoms with E-state index in [4.69, 9.17) is 11.6 Å². The number of aromatic nitrogens is 3. The second-order valence-corrected chi connectivity index (χ2v) is 3.63. The molecule has 0 saturated heterocycles.